The van der Waals surface area contributed by atoms with Gasteiger partial charge in [-0.3, -0.25) is 4.79 Å². The Morgan fingerprint density at radius 1 is 0.957 bits per heavy atom. The fourth-order valence-electron chi connectivity index (χ4n) is 13.0. The molecule has 0 radical (unpaired) electrons. The zero-order chi connectivity index (χ0) is 34.3. The molecule has 10 nitrogen and oxygen atoms in total. The van der Waals surface area contributed by atoms with Crippen LogP contribution in [0.1, 0.15) is 107 Å². The summed E-state index contributed by atoms with van der Waals surface area (Å²) in [7, 11) is 0. The number of ether oxygens (including phenoxy) is 4. The van der Waals surface area contributed by atoms with Crippen molar-refractivity contribution in [3.63, 3.8) is 0 Å². The van der Waals surface area contributed by atoms with Crippen molar-refractivity contribution in [2.45, 2.75) is 161 Å². The molecule has 0 amide bonds. The molecule has 2 aliphatic heterocycles. The number of carbonyl (C=O) groups is 1. The van der Waals surface area contributed by atoms with Crippen molar-refractivity contribution in [1.82, 2.24) is 0 Å². The number of aliphatic hydroxyl groups excluding tert-OH is 4. The SMILES string of the molecule is CC(=O)O[C@H]([C@H]1C[C@@H](C)C2=C(O1)[C@H](O)[C@@]1(C)[C@@H]3CC[C@H]4C(C)(C)[C@@H](O[C@@H]5OC[C@H](O)[C@H](O)[C@H]5O)CC[C@@]45CC35CC[C@]21C)C(C)(C)O. The van der Waals surface area contributed by atoms with Gasteiger partial charge in [0.25, 0.3) is 0 Å². The smallest absolute Gasteiger partial charge is 0.303 e. The van der Waals surface area contributed by atoms with Gasteiger partial charge in [0, 0.05) is 17.8 Å². The van der Waals surface area contributed by atoms with E-state index in [1.165, 1.54) is 12.5 Å². The molecular formula is C37H58O10. The fraction of sp³-hybridized carbons (Fsp3) is 0.919. The van der Waals surface area contributed by atoms with Crippen LogP contribution in [-0.4, -0.2) is 92.7 Å². The Hall–Kier alpha value is -1.27. The molecule has 10 heteroatoms. The molecule has 47 heavy (non-hydrogen) atoms. The van der Waals surface area contributed by atoms with Gasteiger partial charge in [-0.25, -0.2) is 0 Å². The number of carbonyl (C=O) groups excluding carboxylic acids is 1. The Morgan fingerprint density at radius 2 is 1.62 bits per heavy atom. The summed E-state index contributed by atoms with van der Waals surface area (Å²) in [5, 5.41) is 54.3. The van der Waals surface area contributed by atoms with Crippen LogP contribution in [0.5, 0.6) is 0 Å². The zero-order valence-corrected chi connectivity index (χ0v) is 29.5. The lowest BCUT2D eigenvalue weighted by atomic mass is 9.41. The van der Waals surface area contributed by atoms with E-state index in [0.29, 0.717) is 24.0 Å². The molecule has 7 aliphatic rings. The maximum absolute atomic E-state index is 12.5. The van der Waals surface area contributed by atoms with Gasteiger partial charge in [0.05, 0.1) is 18.3 Å². The van der Waals surface area contributed by atoms with E-state index in [1.54, 1.807) is 13.8 Å². The Balaban J connectivity index is 1.15. The first-order valence-corrected chi connectivity index (χ1v) is 18.1. The Morgan fingerprint density at radius 3 is 2.28 bits per heavy atom. The molecule has 1 unspecified atom stereocenters. The van der Waals surface area contributed by atoms with Crippen LogP contribution in [-0.2, 0) is 23.7 Å². The molecule has 5 fully saturated rings. The number of allylic oxidation sites excluding steroid dienone is 1. The standard InChI is InChI=1S/C37H58O10/c1-18-15-21(30(33(5,6)43)45-19(2)38)46-28-25(18)34(7)13-14-37-17-36(37)12-11-24(47-31-27(41)26(40)20(39)16-44-31)32(3,4)22(36)9-10-23(37)35(34,8)29(28)42/h18,20-24,26-27,29-31,39-43H,9-17H2,1-8H3/t18-,20+,21-,22+,23+,24+,26+,27-,29+,30-,31+,34-,35-,36-,37?/m1/s1. The van der Waals surface area contributed by atoms with Crippen LogP contribution in [0.15, 0.2) is 11.3 Å². The molecule has 0 aromatic carbocycles. The first-order chi connectivity index (χ1) is 21.8. The van der Waals surface area contributed by atoms with Crippen molar-refractivity contribution in [3.05, 3.63) is 11.3 Å². The van der Waals surface area contributed by atoms with Crippen LogP contribution >= 0.6 is 0 Å². The van der Waals surface area contributed by atoms with Crippen molar-refractivity contribution in [3.8, 4) is 0 Å². The topological polar surface area (TPSA) is 155 Å². The van der Waals surface area contributed by atoms with Crippen LogP contribution in [0, 0.1) is 44.8 Å². The second-order valence-corrected chi connectivity index (χ2v) is 18.2. The highest BCUT2D eigenvalue weighted by Gasteiger charge is 2.83. The third-order valence-corrected chi connectivity index (χ3v) is 15.3. The molecule has 7 rings (SSSR count). The predicted molar refractivity (Wildman–Crippen MR) is 170 cm³/mol. The van der Waals surface area contributed by atoms with E-state index in [9.17, 15) is 30.3 Å². The minimum atomic E-state index is -1.31. The van der Waals surface area contributed by atoms with E-state index in [0.717, 1.165) is 44.9 Å². The minimum absolute atomic E-state index is 0.0723. The maximum Gasteiger partial charge on any atom is 0.303 e. The highest BCUT2D eigenvalue weighted by atomic mass is 16.7. The first-order valence-electron chi connectivity index (χ1n) is 18.1. The molecule has 5 N–H and O–H groups in total. The summed E-state index contributed by atoms with van der Waals surface area (Å²) in [5.41, 5.74) is -0.669. The van der Waals surface area contributed by atoms with Gasteiger partial charge in [-0.1, -0.05) is 34.6 Å². The van der Waals surface area contributed by atoms with Crippen molar-refractivity contribution >= 4 is 5.97 Å². The summed E-state index contributed by atoms with van der Waals surface area (Å²) < 4.78 is 24.4. The summed E-state index contributed by atoms with van der Waals surface area (Å²) in [6, 6.07) is 0. The van der Waals surface area contributed by atoms with Gasteiger partial charge in [-0.2, -0.15) is 0 Å². The molecule has 2 heterocycles. The highest BCUT2D eigenvalue weighted by molar-refractivity contribution is 5.66. The van der Waals surface area contributed by atoms with E-state index in [4.69, 9.17) is 18.9 Å². The van der Waals surface area contributed by atoms with E-state index in [2.05, 4.69) is 34.6 Å². The highest BCUT2D eigenvalue weighted by Crippen LogP contribution is 2.89. The molecule has 15 atom stereocenters. The average Bonchev–Trinajstić information content (AvgIpc) is 3.61. The zero-order valence-electron chi connectivity index (χ0n) is 29.5. The number of rotatable bonds is 5. The Labute approximate surface area is 279 Å². The second kappa shape index (κ2) is 10.6. The summed E-state index contributed by atoms with van der Waals surface area (Å²) in [4.78, 5) is 12.0. The van der Waals surface area contributed by atoms with Crippen molar-refractivity contribution in [2.24, 2.45) is 44.8 Å². The molecule has 1 saturated heterocycles. The normalized spacial score (nSPS) is 52.2. The van der Waals surface area contributed by atoms with Crippen LogP contribution in [0.25, 0.3) is 0 Å². The van der Waals surface area contributed by atoms with Crippen LogP contribution in [0.2, 0.25) is 0 Å². The average molecular weight is 663 g/mol. The molecule has 2 spiro atoms. The largest absolute Gasteiger partial charge is 0.488 e. The second-order valence-electron chi connectivity index (χ2n) is 18.2. The number of aliphatic hydroxyl groups is 5. The number of hydrogen-bond acceptors (Lipinski definition) is 10. The molecule has 0 aromatic heterocycles. The summed E-state index contributed by atoms with van der Waals surface area (Å²) in [6.45, 7) is 16.0. The third kappa shape index (κ3) is 4.43. The number of hydrogen-bond donors (Lipinski definition) is 5. The Bertz CT molecular complexity index is 1320. The van der Waals surface area contributed by atoms with Crippen LogP contribution < -0.4 is 0 Å². The van der Waals surface area contributed by atoms with Gasteiger partial charge in [-0.05, 0) is 105 Å². The van der Waals surface area contributed by atoms with Crippen LogP contribution in [0.3, 0.4) is 0 Å². The lowest BCUT2D eigenvalue weighted by molar-refractivity contribution is -0.303. The van der Waals surface area contributed by atoms with E-state index >= 15 is 0 Å². The molecule has 0 bridgehead atoms. The minimum Gasteiger partial charge on any atom is -0.488 e. The van der Waals surface area contributed by atoms with Gasteiger partial charge < -0.3 is 44.5 Å². The molecule has 5 aliphatic carbocycles. The molecule has 266 valence electrons. The fourth-order valence-corrected chi connectivity index (χ4v) is 13.0. The predicted octanol–water partition coefficient (Wildman–Crippen LogP) is 3.60. The quantitative estimate of drug-likeness (QED) is 0.218. The van der Waals surface area contributed by atoms with Gasteiger partial charge >= 0.3 is 5.97 Å². The van der Waals surface area contributed by atoms with E-state index < -0.39 is 59.9 Å². The monoisotopic (exact) mass is 662 g/mol. The van der Waals surface area contributed by atoms with E-state index in [-0.39, 0.29) is 40.3 Å². The van der Waals surface area contributed by atoms with Gasteiger partial charge in [0.1, 0.15) is 36.3 Å². The first kappa shape index (κ1) is 34.2. The van der Waals surface area contributed by atoms with E-state index in [1.807, 2.05) is 0 Å². The van der Waals surface area contributed by atoms with Crippen molar-refractivity contribution in [1.29, 1.82) is 0 Å². The van der Waals surface area contributed by atoms with Gasteiger partial charge in [0.15, 0.2) is 12.4 Å². The molecular weight excluding hydrogens is 604 g/mol. The maximum atomic E-state index is 12.5. The summed E-state index contributed by atoms with van der Waals surface area (Å²) in [5.74, 6) is 1.00. The van der Waals surface area contributed by atoms with Crippen molar-refractivity contribution < 1.29 is 49.3 Å². The van der Waals surface area contributed by atoms with Crippen molar-refractivity contribution in [2.75, 3.05) is 6.61 Å². The summed E-state index contributed by atoms with van der Waals surface area (Å²) >= 11 is 0. The van der Waals surface area contributed by atoms with Gasteiger partial charge in [-0.15, -0.1) is 0 Å². The molecule has 0 aromatic rings. The van der Waals surface area contributed by atoms with Gasteiger partial charge in [0.2, 0.25) is 0 Å². The Kier molecular flexibility index (Phi) is 7.73. The molecule has 4 saturated carbocycles. The third-order valence-electron chi connectivity index (χ3n) is 15.3. The number of esters is 1. The lowest BCUT2D eigenvalue weighted by Gasteiger charge is -2.63. The van der Waals surface area contributed by atoms with Crippen LogP contribution in [0.4, 0.5) is 0 Å². The lowest BCUT2D eigenvalue weighted by Crippen LogP contribution is -2.61. The summed E-state index contributed by atoms with van der Waals surface area (Å²) in [6.07, 6.45) is 0.627. The number of fused-ring (bicyclic) bond motifs is 3.